The Labute approximate surface area is 152 Å². The van der Waals surface area contributed by atoms with Gasteiger partial charge in [0.05, 0.1) is 10.7 Å². The van der Waals surface area contributed by atoms with E-state index in [0.717, 1.165) is 6.20 Å². The highest BCUT2D eigenvalue weighted by Gasteiger charge is 2.19. The van der Waals surface area contributed by atoms with Crippen molar-refractivity contribution < 1.29 is 18.7 Å². The van der Waals surface area contributed by atoms with Crippen molar-refractivity contribution >= 4 is 22.1 Å². The molecule has 2 aromatic rings. The lowest BCUT2D eigenvalue weighted by molar-refractivity contribution is 0.0204. The van der Waals surface area contributed by atoms with Gasteiger partial charge in [-0.2, -0.15) is 0 Å². The fourth-order valence-corrected chi connectivity index (χ4v) is 2.45. The zero-order valence-electron chi connectivity index (χ0n) is 14.2. The third-order valence-electron chi connectivity index (χ3n) is 3.18. The van der Waals surface area contributed by atoms with Gasteiger partial charge in [0.1, 0.15) is 11.4 Å². The summed E-state index contributed by atoms with van der Waals surface area (Å²) in [5.41, 5.74) is 0.199. The second-order valence-electron chi connectivity index (χ2n) is 6.33. The van der Waals surface area contributed by atoms with Crippen LogP contribution >= 0.6 is 15.9 Å². The minimum Gasteiger partial charge on any atom is -0.428 e. The largest absolute Gasteiger partial charge is 0.514 e. The first-order valence-electron chi connectivity index (χ1n) is 7.43. The van der Waals surface area contributed by atoms with Crippen molar-refractivity contribution in [3.05, 3.63) is 56.7 Å². The molecule has 1 aromatic heterocycles. The molecule has 132 valence electrons. The van der Waals surface area contributed by atoms with E-state index in [9.17, 15) is 14.0 Å². The van der Waals surface area contributed by atoms with Gasteiger partial charge >= 0.3 is 6.16 Å². The van der Waals surface area contributed by atoms with Crippen LogP contribution in [0.4, 0.5) is 9.18 Å². The lowest BCUT2D eigenvalue weighted by Crippen LogP contribution is -2.27. The van der Waals surface area contributed by atoms with E-state index in [1.165, 1.54) is 18.3 Å². The van der Waals surface area contributed by atoms with Crippen LogP contribution in [0.2, 0.25) is 0 Å². The van der Waals surface area contributed by atoms with Gasteiger partial charge in [-0.1, -0.05) is 6.07 Å². The summed E-state index contributed by atoms with van der Waals surface area (Å²) in [4.78, 5) is 28.0. The number of carbonyl (C=O) groups excluding carboxylic acids is 1. The molecule has 0 saturated heterocycles. The highest BCUT2D eigenvalue weighted by molar-refractivity contribution is 9.10. The van der Waals surface area contributed by atoms with Crippen LogP contribution in [0.25, 0.3) is 11.1 Å². The molecule has 0 unspecified atom stereocenters. The fourth-order valence-electron chi connectivity index (χ4n) is 2.01. The summed E-state index contributed by atoms with van der Waals surface area (Å²) in [6.07, 6.45) is 1.64. The predicted molar refractivity (Wildman–Crippen MR) is 95.2 cm³/mol. The molecule has 0 bridgehead atoms. The minimum absolute atomic E-state index is 0.162. The maximum atomic E-state index is 13.7. The second-order valence-corrected chi connectivity index (χ2v) is 7.19. The van der Waals surface area contributed by atoms with Crippen molar-refractivity contribution in [3.8, 4) is 16.9 Å². The molecule has 0 fully saturated rings. The van der Waals surface area contributed by atoms with Crippen molar-refractivity contribution in [1.82, 2.24) is 4.98 Å². The molecule has 0 aliphatic carbocycles. The average Bonchev–Trinajstić information content (AvgIpc) is 2.62. The third kappa shape index (κ3) is 4.85. The Balaban J connectivity index is 2.45. The molecule has 25 heavy (non-hydrogen) atoms. The van der Waals surface area contributed by atoms with Crippen LogP contribution in [-0.2, 0) is 4.74 Å². The van der Waals surface area contributed by atoms with Crippen molar-refractivity contribution in [3.63, 3.8) is 0 Å². The summed E-state index contributed by atoms with van der Waals surface area (Å²) < 4.78 is 23.9. The first-order valence-corrected chi connectivity index (χ1v) is 8.23. The van der Waals surface area contributed by atoms with E-state index in [0.29, 0.717) is 16.7 Å². The normalized spacial score (nSPS) is 11.1. The molecule has 2 rings (SSSR count). The standard InChI is InChI=1S/C18H17BrFNO4/c1-10-12(8-21-9-14(10)20)11-5-6-15(16(22)13(19)7-11)24-17(23)25-18(2,3)4/h5-9H,1-4H3. The molecule has 0 N–H and O–H groups in total. The quantitative estimate of drug-likeness (QED) is 0.676. The van der Waals surface area contributed by atoms with Crippen molar-refractivity contribution in [1.29, 1.82) is 0 Å². The maximum absolute atomic E-state index is 13.7. The molecule has 0 amide bonds. The molecule has 5 nitrogen and oxygen atoms in total. The van der Waals surface area contributed by atoms with Gasteiger partial charge < -0.3 is 9.47 Å². The Morgan fingerprint density at radius 2 is 1.92 bits per heavy atom. The van der Waals surface area contributed by atoms with E-state index in [2.05, 4.69) is 20.9 Å². The first-order chi connectivity index (χ1) is 11.6. The Kier molecular flexibility index (Phi) is 5.57. The number of rotatable bonds is 2. The minimum atomic E-state index is -0.979. The van der Waals surface area contributed by atoms with E-state index in [1.54, 1.807) is 33.8 Å². The predicted octanol–water partition coefficient (Wildman–Crippen LogP) is 4.63. The number of nitrogens with zero attached hydrogens (tertiary/aromatic N) is 1. The summed E-state index contributed by atoms with van der Waals surface area (Å²) in [5, 5.41) is 0. The lowest BCUT2D eigenvalue weighted by atomic mass is 10.0. The maximum Gasteiger partial charge on any atom is 0.514 e. The Bertz CT molecular complexity index is 878. The summed E-state index contributed by atoms with van der Waals surface area (Å²) in [6, 6.07) is 4.42. The van der Waals surface area contributed by atoms with Gasteiger partial charge in [0, 0.05) is 11.8 Å². The van der Waals surface area contributed by atoms with Crippen LogP contribution in [0.1, 0.15) is 26.3 Å². The average molecular weight is 410 g/mol. The van der Waals surface area contributed by atoms with Gasteiger partial charge in [0.2, 0.25) is 5.43 Å². The monoisotopic (exact) mass is 409 g/mol. The summed E-state index contributed by atoms with van der Waals surface area (Å²) >= 11 is 3.16. The van der Waals surface area contributed by atoms with E-state index < -0.39 is 23.0 Å². The number of carbonyl (C=O) groups is 1. The zero-order chi connectivity index (χ0) is 18.8. The van der Waals surface area contributed by atoms with Gasteiger partial charge in [0.25, 0.3) is 0 Å². The molecule has 0 aliphatic rings. The molecule has 0 saturated carbocycles. The number of aromatic nitrogens is 1. The molecule has 0 atom stereocenters. The van der Waals surface area contributed by atoms with Gasteiger partial charge in [-0.15, -0.1) is 0 Å². The van der Waals surface area contributed by atoms with Crippen LogP contribution in [0.5, 0.6) is 5.75 Å². The summed E-state index contributed by atoms with van der Waals surface area (Å²) in [6.45, 7) is 6.67. The second kappa shape index (κ2) is 7.31. The van der Waals surface area contributed by atoms with Crippen molar-refractivity contribution in [2.24, 2.45) is 0 Å². The summed E-state index contributed by atoms with van der Waals surface area (Å²) in [5.74, 6) is -0.651. The first kappa shape index (κ1) is 19.1. The van der Waals surface area contributed by atoms with Crippen molar-refractivity contribution in [2.45, 2.75) is 33.3 Å². The Morgan fingerprint density at radius 1 is 1.24 bits per heavy atom. The fraction of sp³-hybridized carbons (Fsp3) is 0.278. The van der Waals surface area contributed by atoms with Gasteiger partial charge in [-0.25, -0.2) is 9.18 Å². The number of hydrogen-bond acceptors (Lipinski definition) is 5. The van der Waals surface area contributed by atoms with Gasteiger partial charge in [0.15, 0.2) is 5.75 Å². The van der Waals surface area contributed by atoms with Gasteiger partial charge in [-0.3, -0.25) is 9.78 Å². The van der Waals surface area contributed by atoms with Crippen LogP contribution in [-0.4, -0.2) is 16.7 Å². The van der Waals surface area contributed by atoms with E-state index >= 15 is 0 Å². The molecule has 7 heteroatoms. The third-order valence-corrected chi connectivity index (χ3v) is 3.77. The Hall–Kier alpha value is -2.28. The zero-order valence-corrected chi connectivity index (χ0v) is 15.8. The van der Waals surface area contributed by atoms with Crippen LogP contribution in [0, 0.1) is 12.7 Å². The summed E-state index contributed by atoms with van der Waals surface area (Å²) in [7, 11) is 0. The van der Waals surface area contributed by atoms with E-state index in [4.69, 9.17) is 9.47 Å². The molecule has 0 spiro atoms. The van der Waals surface area contributed by atoms with Crippen LogP contribution < -0.4 is 10.2 Å². The highest BCUT2D eigenvalue weighted by atomic mass is 79.9. The number of halogens is 2. The topological polar surface area (TPSA) is 65.5 Å². The van der Waals surface area contributed by atoms with Gasteiger partial charge in [-0.05, 0) is 66.9 Å². The number of pyridine rings is 1. The molecule has 0 aliphatic heterocycles. The van der Waals surface area contributed by atoms with Crippen LogP contribution in [0.15, 0.2) is 39.9 Å². The smallest absolute Gasteiger partial charge is 0.428 e. The molecular formula is C18H17BrFNO4. The number of ether oxygens (including phenoxy) is 2. The van der Waals surface area contributed by atoms with E-state index in [-0.39, 0.29) is 10.2 Å². The molecule has 1 heterocycles. The van der Waals surface area contributed by atoms with Crippen molar-refractivity contribution in [2.75, 3.05) is 0 Å². The molecular weight excluding hydrogens is 393 g/mol. The lowest BCUT2D eigenvalue weighted by Gasteiger charge is -2.18. The molecule has 1 aromatic carbocycles. The highest BCUT2D eigenvalue weighted by Crippen LogP contribution is 2.26. The molecule has 0 radical (unpaired) electrons. The van der Waals surface area contributed by atoms with E-state index in [1.807, 2.05) is 0 Å². The SMILES string of the molecule is Cc1c(F)cncc1-c1ccc(OC(=O)OC(C)(C)C)c(=O)c(Br)c1. The van der Waals surface area contributed by atoms with Crippen LogP contribution in [0.3, 0.4) is 0 Å². The Morgan fingerprint density at radius 3 is 2.56 bits per heavy atom. The number of hydrogen-bond donors (Lipinski definition) is 0.